The van der Waals surface area contributed by atoms with Crippen LogP contribution >= 0.6 is 0 Å². The summed E-state index contributed by atoms with van der Waals surface area (Å²) in [7, 11) is 2.16. The van der Waals surface area contributed by atoms with Crippen molar-refractivity contribution in [2.75, 3.05) is 26.7 Å². The molecule has 1 heterocycles. The quantitative estimate of drug-likeness (QED) is 0.353. The Morgan fingerprint density at radius 1 is 1.43 bits per heavy atom. The van der Waals surface area contributed by atoms with E-state index in [1.165, 1.54) is 32.1 Å². The highest BCUT2D eigenvalue weighted by molar-refractivity contribution is 5.80. The molecule has 3 atom stereocenters. The largest absolute Gasteiger partial charge is 0.377 e. The van der Waals surface area contributed by atoms with Gasteiger partial charge in [-0.3, -0.25) is 4.99 Å². The van der Waals surface area contributed by atoms with E-state index >= 15 is 0 Å². The van der Waals surface area contributed by atoms with Crippen molar-refractivity contribution in [1.82, 2.24) is 10.2 Å². The number of nitrogens with one attached hydrogen (secondary N) is 1. The molecule has 4 nitrogen and oxygen atoms in total. The zero-order valence-electron chi connectivity index (χ0n) is 14.9. The number of unbranched alkanes of at least 4 members (excludes halogenated alkanes) is 1. The summed E-state index contributed by atoms with van der Waals surface area (Å²) < 4.78 is 6.10. The molecule has 3 unspecified atom stereocenters. The Hall–Kier alpha value is -1.03. The highest BCUT2D eigenvalue weighted by Crippen LogP contribution is 2.60. The fraction of sp³-hybridized carbons (Fsp3) is 0.842. The van der Waals surface area contributed by atoms with Crippen LogP contribution in [0.25, 0.3) is 0 Å². The van der Waals surface area contributed by atoms with Crippen LogP contribution in [0.15, 0.2) is 17.6 Å². The van der Waals surface area contributed by atoms with E-state index in [4.69, 9.17) is 9.73 Å². The summed E-state index contributed by atoms with van der Waals surface area (Å²) in [6, 6.07) is 0.560. The van der Waals surface area contributed by atoms with E-state index in [1.807, 2.05) is 6.08 Å². The molecule has 0 aromatic rings. The number of fused-ring (bicyclic) bond motifs is 2. The van der Waals surface area contributed by atoms with Gasteiger partial charge in [-0.15, -0.1) is 6.58 Å². The van der Waals surface area contributed by atoms with Crippen molar-refractivity contribution in [3.63, 3.8) is 0 Å². The lowest BCUT2D eigenvalue weighted by atomic mass is 9.54. The molecule has 0 aromatic heterocycles. The zero-order chi connectivity index (χ0) is 16.3. The van der Waals surface area contributed by atoms with Crippen molar-refractivity contribution >= 4 is 5.96 Å². The molecule has 1 saturated heterocycles. The van der Waals surface area contributed by atoms with Crippen LogP contribution in [0.5, 0.6) is 0 Å². The SMILES string of the molecule is C=CCCCN(C)C(=NCC)NC1C2CCOC2C12CCCC2. The van der Waals surface area contributed by atoms with Crippen LogP contribution in [0.2, 0.25) is 0 Å². The van der Waals surface area contributed by atoms with Gasteiger partial charge in [-0.25, -0.2) is 0 Å². The van der Waals surface area contributed by atoms with Crippen LogP contribution in [-0.2, 0) is 4.74 Å². The summed E-state index contributed by atoms with van der Waals surface area (Å²) >= 11 is 0. The summed E-state index contributed by atoms with van der Waals surface area (Å²) in [6.45, 7) is 8.74. The standard InChI is InChI=1S/C19H33N3O/c1-4-6-9-13-22(3)18(20-5-2)21-16-15-10-14-23-17(15)19(16)11-7-8-12-19/h4,15-17H,1,5-14H2,2-3H3,(H,20,21). The summed E-state index contributed by atoms with van der Waals surface area (Å²) in [5.74, 6) is 1.77. The number of allylic oxidation sites excluding steroid dienone is 1. The van der Waals surface area contributed by atoms with Crippen LogP contribution in [0.3, 0.4) is 0 Å². The van der Waals surface area contributed by atoms with E-state index in [0.29, 0.717) is 23.5 Å². The van der Waals surface area contributed by atoms with Gasteiger partial charge in [0, 0.05) is 44.1 Å². The molecule has 1 N–H and O–H groups in total. The van der Waals surface area contributed by atoms with Crippen LogP contribution < -0.4 is 5.32 Å². The Bertz CT molecular complexity index is 442. The number of hydrogen-bond acceptors (Lipinski definition) is 2. The Balaban J connectivity index is 1.67. The summed E-state index contributed by atoms with van der Waals surface area (Å²) in [5.41, 5.74) is 0.387. The fourth-order valence-corrected chi connectivity index (χ4v) is 5.05. The molecule has 4 heteroatoms. The van der Waals surface area contributed by atoms with Gasteiger partial charge in [-0.05, 0) is 39.0 Å². The van der Waals surface area contributed by atoms with Gasteiger partial charge < -0.3 is 15.0 Å². The lowest BCUT2D eigenvalue weighted by Crippen LogP contribution is -2.69. The Kier molecular flexibility index (Phi) is 5.30. The second kappa shape index (κ2) is 7.25. The maximum absolute atomic E-state index is 6.10. The van der Waals surface area contributed by atoms with Crippen molar-refractivity contribution in [1.29, 1.82) is 0 Å². The molecule has 0 radical (unpaired) electrons. The Morgan fingerprint density at radius 3 is 2.91 bits per heavy atom. The van der Waals surface area contributed by atoms with Gasteiger partial charge in [0.2, 0.25) is 0 Å². The fourth-order valence-electron chi connectivity index (χ4n) is 5.05. The van der Waals surface area contributed by atoms with Crippen molar-refractivity contribution in [3.05, 3.63) is 12.7 Å². The minimum atomic E-state index is 0.387. The van der Waals surface area contributed by atoms with Crippen LogP contribution in [0, 0.1) is 11.3 Å². The normalized spacial score (nSPS) is 31.7. The molecular weight excluding hydrogens is 286 g/mol. The van der Waals surface area contributed by atoms with E-state index in [-0.39, 0.29) is 0 Å². The molecule has 3 rings (SSSR count). The average molecular weight is 319 g/mol. The van der Waals surface area contributed by atoms with E-state index < -0.39 is 0 Å². The molecule has 2 saturated carbocycles. The summed E-state index contributed by atoms with van der Waals surface area (Å²) in [4.78, 5) is 7.05. The lowest BCUT2D eigenvalue weighted by Gasteiger charge is -2.57. The van der Waals surface area contributed by atoms with Crippen molar-refractivity contribution < 1.29 is 4.74 Å². The molecule has 0 bridgehead atoms. The Morgan fingerprint density at radius 2 is 2.22 bits per heavy atom. The zero-order valence-corrected chi connectivity index (χ0v) is 14.9. The molecule has 1 spiro atoms. The number of aliphatic imine (C=N–C) groups is 1. The molecule has 3 fully saturated rings. The van der Waals surface area contributed by atoms with Gasteiger partial charge in [-0.2, -0.15) is 0 Å². The summed E-state index contributed by atoms with van der Waals surface area (Å²) in [6.07, 6.45) is 11.3. The van der Waals surface area contributed by atoms with E-state index in [2.05, 4.69) is 30.8 Å². The third-order valence-electron chi connectivity index (χ3n) is 6.14. The maximum atomic E-state index is 6.10. The number of guanidine groups is 1. The number of nitrogens with zero attached hydrogens (tertiary/aromatic N) is 2. The third kappa shape index (κ3) is 3.02. The second-order valence-electron chi connectivity index (χ2n) is 7.46. The predicted molar refractivity (Wildman–Crippen MR) is 95.7 cm³/mol. The Labute approximate surface area is 141 Å². The van der Waals surface area contributed by atoms with Gasteiger partial charge >= 0.3 is 0 Å². The van der Waals surface area contributed by atoms with Crippen LogP contribution in [-0.4, -0.2) is 49.7 Å². The van der Waals surface area contributed by atoms with E-state index in [9.17, 15) is 0 Å². The monoisotopic (exact) mass is 319 g/mol. The molecule has 1 aliphatic heterocycles. The average Bonchev–Trinajstić information content (AvgIpc) is 3.19. The van der Waals surface area contributed by atoms with E-state index in [1.54, 1.807) is 0 Å². The minimum absolute atomic E-state index is 0.387. The number of ether oxygens (including phenoxy) is 1. The van der Waals surface area contributed by atoms with Gasteiger partial charge in [0.25, 0.3) is 0 Å². The first-order valence-corrected chi connectivity index (χ1v) is 9.47. The van der Waals surface area contributed by atoms with Crippen molar-refractivity contribution in [2.24, 2.45) is 16.3 Å². The predicted octanol–water partition coefficient (Wildman–Crippen LogP) is 3.20. The highest BCUT2D eigenvalue weighted by atomic mass is 16.5. The van der Waals surface area contributed by atoms with Gasteiger partial charge in [-0.1, -0.05) is 18.9 Å². The van der Waals surface area contributed by atoms with Gasteiger partial charge in [0.05, 0.1) is 6.10 Å². The number of hydrogen-bond donors (Lipinski definition) is 1. The highest BCUT2D eigenvalue weighted by Gasteiger charge is 2.65. The molecule has 130 valence electrons. The molecular formula is C19H33N3O. The van der Waals surface area contributed by atoms with Crippen molar-refractivity contribution in [2.45, 2.75) is 64.0 Å². The molecule has 2 aliphatic carbocycles. The first-order valence-electron chi connectivity index (χ1n) is 9.47. The lowest BCUT2D eigenvalue weighted by molar-refractivity contribution is -0.125. The molecule has 3 aliphatic rings. The maximum Gasteiger partial charge on any atom is 0.193 e. The topological polar surface area (TPSA) is 36.9 Å². The van der Waals surface area contributed by atoms with Gasteiger partial charge in [0.15, 0.2) is 5.96 Å². The molecule has 0 amide bonds. The second-order valence-corrected chi connectivity index (χ2v) is 7.46. The van der Waals surface area contributed by atoms with Crippen LogP contribution in [0.4, 0.5) is 0 Å². The number of rotatable bonds is 6. The first kappa shape index (κ1) is 16.8. The smallest absolute Gasteiger partial charge is 0.193 e. The minimum Gasteiger partial charge on any atom is -0.377 e. The molecule has 23 heavy (non-hydrogen) atoms. The van der Waals surface area contributed by atoms with Crippen molar-refractivity contribution in [3.8, 4) is 0 Å². The van der Waals surface area contributed by atoms with Gasteiger partial charge in [0.1, 0.15) is 0 Å². The first-order chi connectivity index (χ1) is 11.2. The van der Waals surface area contributed by atoms with E-state index in [0.717, 1.165) is 38.5 Å². The van der Waals surface area contributed by atoms with Crippen LogP contribution in [0.1, 0.15) is 51.9 Å². The summed E-state index contributed by atoms with van der Waals surface area (Å²) in [5, 5.41) is 3.86. The molecule has 0 aromatic carbocycles. The third-order valence-corrected chi connectivity index (χ3v) is 6.14.